The van der Waals surface area contributed by atoms with Crippen molar-refractivity contribution in [3.05, 3.63) is 32.6 Å². The van der Waals surface area contributed by atoms with Crippen molar-refractivity contribution in [3.8, 4) is 0 Å². The van der Waals surface area contributed by atoms with Gasteiger partial charge < -0.3 is 9.72 Å². The summed E-state index contributed by atoms with van der Waals surface area (Å²) in [6.07, 6.45) is 1.72. The molecule has 1 saturated heterocycles. The van der Waals surface area contributed by atoms with E-state index in [0.29, 0.717) is 12.3 Å². The molecular weight excluding hydrogens is 172 g/mol. The molecule has 0 aromatic carbocycles. The molecule has 13 heavy (non-hydrogen) atoms. The first kappa shape index (κ1) is 8.25. The molecule has 1 aliphatic rings. The Morgan fingerprint density at radius 2 is 2.23 bits per heavy atom. The van der Waals surface area contributed by atoms with E-state index in [1.54, 1.807) is 0 Å². The summed E-state index contributed by atoms with van der Waals surface area (Å²) in [5, 5.41) is 0. The van der Waals surface area contributed by atoms with Crippen molar-refractivity contribution < 1.29 is 4.74 Å². The summed E-state index contributed by atoms with van der Waals surface area (Å²) < 4.78 is 5.33. The number of aromatic amines is 2. The Morgan fingerprint density at radius 3 is 2.85 bits per heavy atom. The van der Waals surface area contributed by atoms with Crippen molar-refractivity contribution in [3.63, 3.8) is 0 Å². The highest BCUT2D eigenvalue weighted by Crippen LogP contribution is 2.25. The van der Waals surface area contributed by atoms with E-state index in [4.69, 9.17) is 4.74 Å². The van der Waals surface area contributed by atoms with E-state index in [1.165, 1.54) is 6.07 Å². The molecule has 0 bridgehead atoms. The average Bonchev–Trinajstić information content (AvgIpc) is 2.53. The molecule has 2 N–H and O–H groups in total. The summed E-state index contributed by atoms with van der Waals surface area (Å²) in [5.74, 6) is 0. The Balaban J connectivity index is 2.39. The van der Waals surface area contributed by atoms with Crippen LogP contribution in [0.1, 0.15) is 24.6 Å². The van der Waals surface area contributed by atoms with Crippen LogP contribution in [-0.2, 0) is 4.74 Å². The molecule has 2 heterocycles. The van der Waals surface area contributed by atoms with E-state index in [9.17, 15) is 9.59 Å². The topological polar surface area (TPSA) is 75.0 Å². The summed E-state index contributed by atoms with van der Waals surface area (Å²) in [5.41, 5.74) is -0.279. The molecule has 1 fully saturated rings. The third kappa shape index (κ3) is 1.70. The predicted octanol–water partition coefficient (Wildman–Crippen LogP) is -0.0853. The second-order valence-corrected chi connectivity index (χ2v) is 3.04. The Hall–Kier alpha value is -1.36. The lowest BCUT2D eigenvalue weighted by atomic mass is 10.2. The molecule has 1 aromatic rings. The van der Waals surface area contributed by atoms with Crippen molar-refractivity contribution in [2.24, 2.45) is 0 Å². The lowest BCUT2D eigenvalue weighted by molar-refractivity contribution is 0.108. The predicted molar refractivity (Wildman–Crippen MR) is 45.6 cm³/mol. The number of nitrogens with one attached hydrogen (secondary N) is 2. The SMILES string of the molecule is O=c1cc([C@H]2CCCO2)[nH]c(=O)[nH]1. The van der Waals surface area contributed by atoms with E-state index in [2.05, 4.69) is 9.97 Å². The molecule has 0 aliphatic carbocycles. The summed E-state index contributed by atoms with van der Waals surface area (Å²) in [4.78, 5) is 26.5. The third-order valence-electron chi connectivity index (χ3n) is 2.06. The highest BCUT2D eigenvalue weighted by Gasteiger charge is 2.18. The van der Waals surface area contributed by atoms with Gasteiger partial charge in [0, 0.05) is 12.7 Å². The first-order valence-electron chi connectivity index (χ1n) is 4.21. The molecule has 0 spiro atoms. The molecule has 5 nitrogen and oxygen atoms in total. The first-order chi connectivity index (χ1) is 6.25. The minimum atomic E-state index is -0.474. The summed E-state index contributed by atoms with van der Waals surface area (Å²) in [6, 6.07) is 1.37. The normalized spacial score (nSPS) is 22.0. The van der Waals surface area contributed by atoms with Gasteiger partial charge in [0.05, 0.1) is 11.8 Å². The third-order valence-corrected chi connectivity index (χ3v) is 2.06. The van der Waals surface area contributed by atoms with Gasteiger partial charge in [-0.1, -0.05) is 0 Å². The van der Waals surface area contributed by atoms with Crippen LogP contribution in [0.2, 0.25) is 0 Å². The molecule has 2 rings (SSSR count). The number of rotatable bonds is 1. The quantitative estimate of drug-likeness (QED) is 0.637. The second-order valence-electron chi connectivity index (χ2n) is 3.04. The standard InChI is InChI=1S/C8H10N2O3/c11-7-4-5(9-8(12)10-7)6-2-1-3-13-6/h4,6H,1-3H2,(H2,9,10,11,12)/t6-/m1/s1. The number of aromatic nitrogens is 2. The second kappa shape index (κ2) is 3.18. The Bertz CT molecular complexity index is 372. The zero-order valence-electron chi connectivity index (χ0n) is 7.00. The van der Waals surface area contributed by atoms with E-state index in [1.807, 2.05) is 0 Å². The van der Waals surface area contributed by atoms with Gasteiger partial charge in [0.2, 0.25) is 0 Å². The maximum Gasteiger partial charge on any atom is 0.325 e. The number of H-pyrrole nitrogens is 2. The van der Waals surface area contributed by atoms with E-state index in [0.717, 1.165) is 12.8 Å². The van der Waals surface area contributed by atoms with Crippen LogP contribution in [0.15, 0.2) is 15.7 Å². The fourth-order valence-corrected chi connectivity index (χ4v) is 1.48. The van der Waals surface area contributed by atoms with Crippen LogP contribution >= 0.6 is 0 Å². The van der Waals surface area contributed by atoms with Crippen molar-refractivity contribution >= 4 is 0 Å². The van der Waals surface area contributed by atoms with Crippen molar-refractivity contribution in [2.45, 2.75) is 18.9 Å². The van der Waals surface area contributed by atoms with Gasteiger partial charge in [0.25, 0.3) is 5.56 Å². The Kier molecular flexibility index (Phi) is 2.02. The summed E-state index contributed by atoms with van der Waals surface area (Å²) >= 11 is 0. The average molecular weight is 182 g/mol. The summed E-state index contributed by atoms with van der Waals surface area (Å²) in [6.45, 7) is 0.694. The lowest BCUT2D eigenvalue weighted by Crippen LogP contribution is -2.24. The number of ether oxygens (including phenoxy) is 1. The molecule has 0 radical (unpaired) electrons. The molecule has 0 unspecified atom stereocenters. The fraction of sp³-hybridized carbons (Fsp3) is 0.500. The van der Waals surface area contributed by atoms with Gasteiger partial charge in [0.1, 0.15) is 0 Å². The van der Waals surface area contributed by atoms with Crippen LogP contribution in [-0.4, -0.2) is 16.6 Å². The van der Waals surface area contributed by atoms with Gasteiger partial charge in [-0.15, -0.1) is 0 Å². The highest BCUT2D eigenvalue weighted by atomic mass is 16.5. The maximum absolute atomic E-state index is 10.9. The minimum Gasteiger partial charge on any atom is -0.372 e. The van der Waals surface area contributed by atoms with Gasteiger partial charge in [-0.05, 0) is 12.8 Å². The minimum absolute atomic E-state index is 0.116. The van der Waals surface area contributed by atoms with Gasteiger partial charge in [-0.25, -0.2) is 4.79 Å². The first-order valence-corrected chi connectivity index (χ1v) is 4.21. The molecule has 70 valence electrons. The number of hydrogen-bond acceptors (Lipinski definition) is 3. The van der Waals surface area contributed by atoms with Crippen LogP contribution in [0.5, 0.6) is 0 Å². The lowest BCUT2D eigenvalue weighted by Gasteiger charge is -2.07. The fourth-order valence-electron chi connectivity index (χ4n) is 1.48. The summed E-state index contributed by atoms with van der Waals surface area (Å²) in [7, 11) is 0. The van der Waals surface area contributed by atoms with Crippen molar-refractivity contribution in [2.75, 3.05) is 6.61 Å². The molecule has 0 saturated carbocycles. The maximum atomic E-state index is 10.9. The van der Waals surface area contributed by atoms with Gasteiger partial charge in [-0.3, -0.25) is 9.78 Å². The Morgan fingerprint density at radius 1 is 1.38 bits per heavy atom. The highest BCUT2D eigenvalue weighted by molar-refractivity contribution is 5.03. The van der Waals surface area contributed by atoms with Crippen LogP contribution < -0.4 is 11.2 Å². The molecule has 0 amide bonds. The van der Waals surface area contributed by atoms with E-state index in [-0.39, 0.29) is 11.7 Å². The van der Waals surface area contributed by atoms with E-state index >= 15 is 0 Å². The van der Waals surface area contributed by atoms with Crippen molar-refractivity contribution in [1.82, 2.24) is 9.97 Å². The van der Waals surface area contributed by atoms with Gasteiger partial charge in [0.15, 0.2) is 0 Å². The van der Waals surface area contributed by atoms with Gasteiger partial charge >= 0.3 is 5.69 Å². The molecular formula is C8H10N2O3. The molecule has 5 heteroatoms. The largest absolute Gasteiger partial charge is 0.372 e. The van der Waals surface area contributed by atoms with Gasteiger partial charge in [-0.2, -0.15) is 0 Å². The number of hydrogen-bond donors (Lipinski definition) is 2. The zero-order valence-corrected chi connectivity index (χ0v) is 7.00. The van der Waals surface area contributed by atoms with Crippen LogP contribution in [0.4, 0.5) is 0 Å². The Labute approximate surface area is 73.8 Å². The molecule has 1 aliphatic heterocycles. The molecule has 1 aromatic heterocycles. The smallest absolute Gasteiger partial charge is 0.325 e. The zero-order chi connectivity index (χ0) is 9.26. The van der Waals surface area contributed by atoms with E-state index < -0.39 is 5.69 Å². The van der Waals surface area contributed by atoms with Crippen LogP contribution in [0, 0.1) is 0 Å². The van der Waals surface area contributed by atoms with Crippen molar-refractivity contribution in [1.29, 1.82) is 0 Å². The monoisotopic (exact) mass is 182 g/mol. The van der Waals surface area contributed by atoms with Crippen LogP contribution in [0.3, 0.4) is 0 Å². The molecule has 1 atom stereocenters. The van der Waals surface area contributed by atoms with Crippen LogP contribution in [0.25, 0.3) is 0 Å².